The van der Waals surface area contributed by atoms with Gasteiger partial charge in [0, 0.05) is 12.6 Å². The van der Waals surface area contributed by atoms with Crippen molar-refractivity contribution in [3.63, 3.8) is 0 Å². The summed E-state index contributed by atoms with van der Waals surface area (Å²) in [5.74, 6) is 0.858. The number of anilines is 2. The van der Waals surface area contributed by atoms with Gasteiger partial charge in [-0.3, -0.25) is 0 Å². The second-order valence-corrected chi connectivity index (χ2v) is 4.07. The Labute approximate surface area is 97.0 Å². The summed E-state index contributed by atoms with van der Waals surface area (Å²) in [6.45, 7) is 0.499. The van der Waals surface area contributed by atoms with Gasteiger partial charge in [-0.05, 0) is 11.4 Å². The molecule has 2 aromatic rings. The lowest BCUT2D eigenvalue weighted by molar-refractivity contribution is 0.311. The Hall–Kier alpha value is -1.66. The molecule has 0 bridgehead atoms. The first-order valence-corrected chi connectivity index (χ1v) is 5.71. The van der Waals surface area contributed by atoms with Gasteiger partial charge in [0.1, 0.15) is 5.82 Å². The molecule has 6 heteroatoms. The first-order valence-electron chi connectivity index (χ1n) is 4.83. The first kappa shape index (κ1) is 10.8. The molecule has 0 aliphatic rings. The third kappa shape index (κ3) is 2.47. The largest absolute Gasteiger partial charge is 0.395 e. The summed E-state index contributed by atoms with van der Waals surface area (Å²) in [6.07, 6.45) is 0. The molecule has 0 unspecified atom stereocenters. The summed E-state index contributed by atoms with van der Waals surface area (Å²) in [4.78, 5) is 9.23. The van der Waals surface area contributed by atoms with E-state index in [4.69, 9.17) is 10.8 Å². The van der Waals surface area contributed by atoms with E-state index < -0.39 is 0 Å². The monoisotopic (exact) mass is 236 g/mol. The molecule has 16 heavy (non-hydrogen) atoms. The van der Waals surface area contributed by atoms with Crippen LogP contribution in [-0.2, 0) is 0 Å². The topological polar surface area (TPSA) is 84.1 Å². The van der Waals surface area contributed by atoms with Crippen LogP contribution in [0.3, 0.4) is 0 Å². The maximum absolute atomic E-state index is 8.72. The Bertz CT molecular complexity index is 458. The Kier molecular flexibility index (Phi) is 3.33. The van der Waals surface area contributed by atoms with Crippen molar-refractivity contribution in [2.75, 3.05) is 24.2 Å². The normalized spacial score (nSPS) is 10.3. The molecule has 0 radical (unpaired) electrons. The van der Waals surface area contributed by atoms with E-state index in [1.807, 2.05) is 23.6 Å². The second kappa shape index (κ2) is 4.91. The van der Waals surface area contributed by atoms with E-state index in [-0.39, 0.29) is 12.6 Å². The zero-order chi connectivity index (χ0) is 11.4. The van der Waals surface area contributed by atoms with Crippen LogP contribution in [-0.4, -0.2) is 28.2 Å². The van der Waals surface area contributed by atoms with Gasteiger partial charge in [0.05, 0.1) is 17.2 Å². The predicted octanol–water partition coefficient (Wildman–Crippen LogP) is 1.19. The Balaban J connectivity index is 2.29. The lowest BCUT2D eigenvalue weighted by Gasteiger charge is -2.05. The highest BCUT2D eigenvalue weighted by atomic mass is 32.1. The number of nitrogens with zero attached hydrogens (tertiary/aromatic N) is 2. The van der Waals surface area contributed by atoms with Crippen molar-refractivity contribution in [1.82, 2.24) is 9.97 Å². The minimum absolute atomic E-state index is 0.0538. The number of thiophene rings is 1. The number of aliphatic hydroxyl groups excluding tert-OH is 1. The zero-order valence-corrected chi connectivity index (χ0v) is 9.37. The number of aliphatic hydroxyl groups is 1. The summed E-state index contributed by atoms with van der Waals surface area (Å²) in [6, 6.07) is 5.75. The van der Waals surface area contributed by atoms with Gasteiger partial charge in [-0.1, -0.05) is 6.07 Å². The third-order valence-corrected chi connectivity index (χ3v) is 2.83. The van der Waals surface area contributed by atoms with Crippen molar-refractivity contribution >= 4 is 23.1 Å². The summed E-state index contributed by atoms with van der Waals surface area (Å²) >= 11 is 1.59. The summed E-state index contributed by atoms with van der Waals surface area (Å²) in [5.41, 5.74) is 6.41. The van der Waals surface area contributed by atoms with Gasteiger partial charge in [0.15, 0.2) is 0 Å². The number of hydrogen-bond donors (Lipinski definition) is 3. The van der Waals surface area contributed by atoms with Gasteiger partial charge in [0.25, 0.3) is 0 Å². The summed E-state index contributed by atoms with van der Waals surface area (Å²) < 4.78 is 0. The molecule has 4 N–H and O–H groups in total. The van der Waals surface area contributed by atoms with Crippen LogP contribution in [0, 0.1) is 0 Å². The molecule has 0 saturated carbocycles. The predicted molar refractivity (Wildman–Crippen MR) is 65.3 cm³/mol. The van der Waals surface area contributed by atoms with Crippen molar-refractivity contribution in [2.45, 2.75) is 0 Å². The molecule has 0 amide bonds. The van der Waals surface area contributed by atoms with Gasteiger partial charge in [0.2, 0.25) is 5.95 Å². The number of nitrogens with one attached hydrogen (secondary N) is 1. The molecule has 2 aromatic heterocycles. The molecule has 84 valence electrons. The van der Waals surface area contributed by atoms with Crippen LogP contribution in [0.4, 0.5) is 11.8 Å². The van der Waals surface area contributed by atoms with E-state index >= 15 is 0 Å². The number of nitrogens with two attached hydrogens (primary N) is 1. The molecule has 0 aliphatic heterocycles. The molecule has 0 atom stereocenters. The van der Waals surface area contributed by atoms with Crippen LogP contribution >= 0.6 is 11.3 Å². The van der Waals surface area contributed by atoms with Gasteiger partial charge >= 0.3 is 0 Å². The van der Waals surface area contributed by atoms with Crippen LogP contribution < -0.4 is 11.1 Å². The summed E-state index contributed by atoms with van der Waals surface area (Å²) in [5, 5.41) is 13.7. The maximum atomic E-state index is 8.72. The van der Waals surface area contributed by atoms with E-state index in [1.54, 1.807) is 11.3 Å². The van der Waals surface area contributed by atoms with Crippen LogP contribution in [0.2, 0.25) is 0 Å². The van der Waals surface area contributed by atoms with Crippen LogP contribution in [0.5, 0.6) is 0 Å². The maximum Gasteiger partial charge on any atom is 0.222 e. The fraction of sp³-hybridized carbons (Fsp3) is 0.200. The molecule has 2 heterocycles. The Morgan fingerprint density at radius 3 is 3.00 bits per heavy atom. The third-order valence-electron chi connectivity index (χ3n) is 1.93. The highest BCUT2D eigenvalue weighted by molar-refractivity contribution is 7.13. The minimum Gasteiger partial charge on any atom is -0.395 e. The minimum atomic E-state index is 0.0538. The molecule has 5 nitrogen and oxygen atoms in total. The molecule has 0 fully saturated rings. The Morgan fingerprint density at radius 2 is 2.31 bits per heavy atom. The van der Waals surface area contributed by atoms with Gasteiger partial charge in [-0.25, -0.2) is 4.98 Å². The van der Waals surface area contributed by atoms with Crippen molar-refractivity contribution in [3.8, 4) is 10.6 Å². The van der Waals surface area contributed by atoms with Crippen molar-refractivity contribution in [2.24, 2.45) is 0 Å². The second-order valence-electron chi connectivity index (χ2n) is 3.12. The van der Waals surface area contributed by atoms with Crippen molar-refractivity contribution < 1.29 is 5.11 Å². The fourth-order valence-electron chi connectivity index (χ4n) is 1.29. The number of rotatable bonds is 4. The molecule has 0 saturated heterocycles. The quantitative estimate of drug-likeness (QED) is 0.742. The smallest absolute Gasteiger partial charge is 0.222 e. The zero-order valence-electron chi connectivity index (χ0n) is 8.55. The van der Waals surface area contributed by atoms with Crippen LogP contribution in [0.25, 0.3) is 10.6 Å². The number of nitrogen functional groups attached to an aromatic ring is 1. The van der Waals surface area contributed by atoms with Gasteiger partial charge in [-0.2, -0.15) is 4.98 Å². The summed E-state index contributed by atoms with van der Waals surface area (Å²) in [7, 11) is 0. The fourth-order valence-corrected chi connectivity index (χ4v) is 1.98. The average Bonchev–Trinajstić information content (AvgIpc) is 2.79. The van der Waals surface area contributed by atoms with E-state index in [2.05, 4.69) is 15.3 Å². The Morgan fingerprint density at radius 1 is 1.44 bits per heavy atom. The lowest BCUT2D eigenvalue weighted by atomic mass is 10.3. The highest BCUT2D eigenvalue weighted by Gasteiger charge is 2.05. The molecule has 0 aromatic carbocycles. The number of aromatic nitrogens is 2. The molecule has 2 rings (SSSR count). The first-order chi connectivity index (χ1) is 7.79. The van der Waals surface area contributed by atoms with Crippen LogP contribution in [0.15, 0.2) is 23.6 Å². The molecule has 0 spiro atoms. The van der Waals surface area contributed by atoms with E-state index in [9.17, 15) is 0 Å². The van der Waals surface area contributed by atoms with Crippen molar-refractivity contribution in [3.05, 3.63) is 23.6 Å². The van der Waals surface area contributed by atoms with E-state index in [0.717, 1.165) is 10.6 Å². The molecular formula is C10H12N4OS. The van der Waals surface area contributed by atoms with Gasteiger partial charge in [-0.15, -0.1) is 11.3 Å². The van der Waals surface area contributed by atoms with Gasteiger partial charge < -0.3 is 16.2 Å². The SMILES string of the molecule is Nc1nc(NCCO)cc(-c2cccs2)n1. The van der Waals surface area contributed by atoms with Crippen LogP contribution in [0.1, 0.15) is 0 Å². The van der Waals surface area contributed by atoms with E-state index in [0.29, 0.717) is 12.4 Å². The molecule has 0 aliphatic carbocycles. The highest BCUT2D eigenvalue weighted by Crippen LogP contribution is 2.24. The van der Waals surface area contributed by atoms with E-state index in [1.165, 1.54) is 0 Å². The average molecular weight is 236 g/mol. The number of hydrogen-bond acceptors (Lipinski definition) is 6. The standard InChI is InChI=1S/C10H12N4OS/c11-10-13-7(8-2-1-5-16-8)6-9(14-10)12-3-4-15/h1-2,5-6,15H,3-4H2,(H3,11,12,13,14). The van der Waals surface area contributed by atoms with Crippen molar-refractivity contribution in [1.29, 1.82) is 0 Å². The lowest BCUT2D eigenvalue weighted by Crippen LogP contribution is -2.08. The molecular weight excluding hydrogens is 224 g/mol.